The number of alkyl halides is 3. The van der Waals surface area contributed by atoms with E-state index in [1.165, 1.54) is 11.3 Å². The lowest BCUT2D eigenvalue weighted by atomic mass is 10.1. The summed E-state index contributed by atoms with van der Waals surface area (Å²) in [5.41, 5.74) is -1.91. The van der Waals surface area contributed by atoms with Gasteiger partial charge in [0.2, 0.25) is 0 Å². The predicted molar refractivity (Wildman–Crippen MR) is 87.8 cm³/mol. The summed E-state index contributed by atoms with van der Waals surface area (Å²) in [6, 6.07) is 3.41. The maximum atomic E-state index is 12.9. The third kappa shape index (κ3) is 5.03. The molecule has 0 saturated heterocycles. The van der Waals surface area contributed by atoms with Gasteiger partial charge in [0.25, 0.3) is 0 Å². The quantitative estimate of drug-likeness (QED) is 0.514. The molecule has 0 fully saturated rings. The van der Waals surface area contributed by atoms with Crippen LogP contribution in [0.3, 0.4) is 0 Å². The van der Waals surface area contributed by atoms with Crippen molar-refractivity contribution in [2.24, 2.45) is 5.16 Å². The van der Waals surface area contributed by atoms with Crippen molar-refractivity contribution in [2.45, 2.75) is 6.18 Å². The Morgan fingerprint density at radius 3 is 2.44 bits per heavy atom. The standard InChI is InChI=1S/C15H17F3N2O4S/c1-22-7-5-20(6-8-23-2)12-4-3-10(25-12)9-11-13(15(16,17)18)19-24-14(11)21/h3-4,9H,5-8H2,1-2H3/b11-9-. The Morgan fingerprint density at radius 2 is 1.88 bits per heavy atom. The molecular formula is C15H17F3N2O4S. The number of carbonyl (C=O) groups excluding carboxylic acids is 1. The van der Waals surface area contributed by atoms with E-state index in [4.69, 9.17) is 9.47 Å². The van der Waals surface area contributed by atoms with Gasteiger partial charge < -0.3 is 19.2 Å². The van der Waals surface area contributed by atoms with Crippen LogP contribution in [0.15, 0.2) is 22.9 Å². The van der Waals surface area contributed by atoms with Crippen LogP contribution < -0.4 is 4.90 Å². The summed E-state index contributed by atoms with van der Waals surface area (Å²) in [7, 11) is 3.17. The third-order valence-electron chi connectivity index (χ3n) is 3.30. The van der Waals surface area contributed by atoms with Crippen LogP contribution in [0, 0.1) is 0 Å². The minimum Gasteiger partial charge on any atom is -0.383 e. The van der Waals surface area contributed by atoms with Gasteiger partial charge in [0.05, 0.1) is 23.8 Å². The summed E-state index contributed by atoms with van der Waals surface area (Å²) in [5, 5.41) is 3.65. The molecule has 0 amide bonds. The first-order valence-electron chi connectivity index (χ1n) is 7.28. The monoisotopic (exact) mass is 378 g/mol. The molecule has 2 heterocycles. The smallest absolute Gasteiger partial charge is 0.383 e. The second-order valence-electron chi connectivity index (χ2n) is 5.02. The molecule has 6 nitrogen and oxygen atoms in total. The molecular weight excluding hydrogens is 361 g/mol. The summed E-state index contributed by atoms with van der Waals surface area (Å²) in [4.78, 5) is 18.2. The molecule has 1 aliphatic heterocycles. The number of rotatable bonds is 8. The van der Waals surface area contributed by atoms with E-state index in [9.17, 15) is 18.0 Å². The number of anilines is 1. The molecule has 25 heavy (non-hydrogen) atoms. The summed E-state index contributed by atoms with van der Waals surface area (Å²) in [6.45, 7) is 2.20. The molecule has 138 valence electrons. The minimum absolute atomic E-state index is 0.487. The van der Waals surface area contributed by atoms with E-state index in [1.807, 2.05) is 4.90 Å². The lowest BCUT2D eigenvalue weighted by molar-refractivity contribution is -0.136. The van der Waals surface area contributed by atoms with Crippen molar-refractivity contribution in [3.8, 4) is 0 Å². The summed E-state index contributed by atoms with van der Waals surface area (Å²) < 4.78 is 48.7. The highest BCUT2D eigenvalue weighted by molar-refractivity contribution is 7.17. The number of halogens is 3. The molecule has 2 rings (SSSR count). The molecule has 0 aliphatic carbocycles. The first-order chi connectivity index (χ1) is 11.9. The molecule has 1 aromatic heterocycles. The Hall–Kier alpha value is -1.91. The molecule has 1 aliphatic rings. The number of carbonyl (C=O) groups is 1. The normalized spacial score (nSPS) is 16.3. The SMILES string of the molecule is COCCN(CCOC)c1ccc(/C=C2\C(=O)ON=C2C(F)(F)F)s1. The van der Waals surface area contributed by atoms with E-state index in [0.717, 1.165) is 11.1 Å². The van der Waals surface area contributed by atoms with Gasteiger partial charge in [0.15, 0.2) is 5.71 Å². The molecule has 0 aromatic carbocycles. The summed E-state index contributed by atoms with van der Waals surface area (Å²) in [6.07, 6.45) is -3.61. The van der Waals surface area contributed by atoms with Gasteiger partial charge in [-0.2, -0.15) is 13.2 Å². The third-order valence-corrected chi connectivity index (χ3v) is 4.40. The highest BCUT2D eigenvalue weighted by atomic mass is 32.1. The van der Waals surface area contributed by atoms with Gasteiger partial charge in [-0.15, -0.1) is 11.3 Å². The van der Waals surface area contributed by atoms with Crippen LogP contribution in [-0.4, -0.2) is 58.4 Å². The number of thiophene rings is 1. The summed E-state index contributed by atoms with van der Waals surface area (Å²) >= 11 is 1.25. The Kier molecular flexibility index (Phi) is 6.57. The van der Waals surface area contributed by atoms with E-state index < -0.39 is 23.4 Å². The first-order valence-corrected chi connectivity index (χ1v) is 8.09. The molecule has 0 radical (unpaired) electrons. The number of oxime groups is 1. The average Bonchev–Trinajstić information content (AvgIpc) is 3.15. The number of hydrogen-bond donors (Lipinski definition) is 0. The number of nitrogens with zero attached hydrogens (tertiary/aromatic N) is 2. The van der Waals surface area contributed by atoms with Gasteiger partial charge in [-0.1, -0.05) is 5.16 Å². The number of methoxy groups -OCH3 is 2. The zero-order valence-corrected chi connectivity index (χ0v) is 14.4. The fourth-order valence-electron chi connectivity index (χ4n) is 2.08. The minimum atomic E-state index is -4.75. The fraction of sp³-hybridized carbons (Fsp3) is 0.467. The van der Waals surface area contributed by atoms with Crippen LogP contribution in [-0.2, 0) is 19.1 Å². The lowest BCUT2D eigenvalue weighted by Crippen LogP contribution is -2.29. The lowest BCUT2D eigenvalue weighted by Gasteiger charge is -2.22. The van der Waals surface area contributed by atoms with E-state index in [1.54, 1.807) is 26.4 Å². The van der Waals surface area contributed by atoms with E-state index in [0.29, 0.717) is 31.2 Å². The maximum Gasteiger partial charge on any atom is 0.437 e. The molecule has 0 unspecified atom stereocenters. The van der Waals surface area contributed by atoms with Gasteiger partial charge in [-0.3, -0.25) is 0 Å². The zero-order valence-electron chi connectivity index (χ0n) is 13.6. The Morgan fingerprint density at radius 1 is 1.24 bits per heavy atom. The van der Waals surface area contributed by atoms with E-state index in [-0.39, 0.29) is 0 Å². The van der Waals surface area contributed by atoms with E-state index in [2.05, 4.69) is 9.99 Å². The largest absolute Gasteiger partial charge is 0.437 e. The van der Waals surface area contributed by atoms with Crippen molar-refractivity contribution in [3.63, 3.8) is 0 Å². The van der Waals surface area contributed by atoms with Crippen molar-refractivity contribution in [1.82, 2.24) is 0 Å². The highest BCUT2D eigenvalue weighted by Crippen LogP contribution is 2.32. The van der Waals surface area contributed by atoms with Crippen LogP contribution in [0.2, 0.25) is 0 Å². The molecule has 0 N–H and O–H groups in total. The molecule has 1 aromatic rings. The van der Waals surface area contributed by atoms with Crippen molar-refractivity contribution in [3.05, 3.63) is 22.6 Å². The van der Waals surface area contributed by atoms with Crippen LogP contribution in [0.5, 0.6) is 0 Å². The van der Waals surface area contributed by atoms with Gasteiger partial charge in [0.1, 0.15) is 0 Å². The summed E-state index contributed by atoms with van der Waals surface area (Å²) in [5.74, 6) is -1.11. The Labute approximate surface area is 146 Å². The van der Waals surface area contributed by atoms with Gasteiger partial charge in [-0.25, -0.2) is 4.79 Å². The van der Waals surface area contributed by atoms with E-state index >= 15 is 0 Å². The molecule has 0 bridgehead atoms. The highest BCUT2D eigenvalue weighted by Gasteiger charge is 2.45. The van der Waals surface area contributed by atoms with Gasteiger partial charge in [0, 0.05) is 32.2 Å². The van der Waals surface area contributed by atoms with Crippen LogP contribution in [0.1, 0.15) is 4.88 Å². The van der Waals surface area contributed by atoms with Crippen molar-refractivity contribution >= 4 is 34.1 Å². The average molecular weight is 378 g/mol. The number of hydrogen-bond acceptors (Lipinski definition) is 7. The second kappa shape index (κ2) is 8.45. The maximum absolute atomic E-state index is 12.9. The molecule has 0 spiro atoms. The van der Waals surface area contributed by atoms with Crippen LogP contribution >= 0.6 is 11.3 Å². The Bertz CT molecular complexity index is 662. The predicted octanol–water partition coefficient (Wildman–Crippen LogP) is 2.71. The van der Waals surface area contributed by atoms with Crippen molar-refractivity contribution in [2.75, 3.05) is 45.4 Å². The Balaban J connectivity index is 2.21. The van der Waals surface area contributed by atoms with Crippen molar-refractivity contribution < 1.29 is 32.3 Å². The first kappa shape index (κ1) is 19.4. The second-order valence-corrected chi connectivity index (χ2v) is 6.12. The zero-order chi connectivity index (χ0) is 18.4. The molecule has 0 atom stereocenters. The van der Waals surface area contributed by atoms with Gasteiger partial charge in [-0.05, 0) is 18.2 Å². The van der Waals surface area contributed by atoms with Crippen molar-refractivity contribution in [1.29, 1.82) is 0 Å². The topological polar surface area (TPSA) is 60.4 Å². The van der Waals surface area contributed by atoms with Crippen LogP contribution in [0.25, 0.3) is 6.08 Å². The van der Waals surface area contributed by atoms with Gasteiger partial charge >= 0.3 is 12.1 Å². The van der Waals surface area contributed by atoms with Crippen LogP contribution in [0.4, 0.5) is 18.2 Å². The molecule has 10 heteroatoms. The fourth-order valence-corrected chi connectivity index (χ4v) is 3.08. The number of ether oxygens (including phenoxy) is 2. The molecule has 0 saturated carbocycles.